The van der Waals surface area contributed by atoms with E-state index in [-0.39, 0.29) is 22.8 Å². The first-order valence-electron chi connectivity index (χ1n) is 11.8. The number of nitrogens with zero attached hydrogens (tertiary/aromatic N) is 5. The maximum Gasteiger partial charge on any atom is 0.287 e. The normalized spacial score (nSPS) is 11.0. The number of nitrogens with one attached hydrogen (secondary N) is 1. The highest BCUT2D eigenvalue weighted by atomic mass is 16.6. The van der Waals surface area contributed by atoms with Crippen molar-refractivity contribution in [1.82, 2.24) is 9.55 Å². The van der Waals surface area contributed by atoms with Gasteiger partial charge in [-0.15, -0.1) is 0 Å². The molecule has 0 atom stereocenters. The lowest BCUT2D eigenvalue weighted by Gasteiger charge is -2.11. The van der Waals surface area contributed by atoms with Crippen LogP contribution in [0.2, 0.25) is 0 Å². The van der Waals surface area contributed by atoms with Crippen LogP contribution in [0.1, 0.15) is 22.5 Å². The van der Waals surface area contributed by atoms with E-state index in [4.69, 9.17) is 4.74 Å². The van der Waals surface area contributed by atoms with Gasteiger partial charge in [-0.3, -0.25) is 25.0 Å². The number of anilines is 1. The lowest BCUT2D eigenvalue weighted by molar-refractivity contribution is -0.385. The zero-order valence-electron chi connectivity index (χ0n) is 21.6. The van der Waals surface area contributed by atoms with Gasteiger partial charge in [0.25, 0.3) is 17.3 Å². The van der Waals surface area contributed by atoms with E-state index in [9.17, 15) is 30.3 Å². The molecule has 2 aromatic heterocycles. The summed E-state index contributed by atoms with van der Waals surface area (Å²) in [6, 6.07) is 17.7. The zero-order valence-corrected chi connectivity index (χ0v) is 21.6. The van der Waals surface area contributed by atoms with Crippen LogP contribution in [0.25, 0.3) is 11.8 Å². The number of amides is 1. The molecular weight excluding hydrogens is 516 g/mol. The lowest BCUT2D eigenvalue weighted by Crippen LogP contribution is -2.14. The van der Waals surface area contributed by atoms with E-state index in [2.05, 4.69) is 10.3 Å². The number of carbonyl (C=O) groups is 1. The van der Waals surface area contributed by atoms with Crippen molar-refractivity contribution in [3.63, 3.8) is 0 Å². The maximum atomic E-state index is 12.8. The van der Waals surface area contributed by atoms with E-state index in [1.807, 2.05) is 42.7 Å². The minimum Gasteiger partial charge on any atom is -0.439 e. The summed E-state index contributed by atoms with van der Waals surface area (Å²) in [6.45, 7) is 5.38. The number of rotatable bonds is 8. The Balaban J connectivity index is 1.53. The molecular formula is C28H22N6O6. The fourth-order valence-corrected chi connectivity index (χ4v) is 4.05. The number of nitro benzene ring substituents is 1. The predicted molar refractivity (Wildman–Crippen MR) is 146 cm³/mol. The number of hydrogen-bond acceptors (Lipinski definition) is 8. The second-order valence-corrected chi connectivity index (χ2v) is 8.75. The number of carbonyl (C=O) groups excluding carboxylic acids is 1. The quantitative estimate of drug-likeness (QED) is 0.124. The Bertz CT molecular complexity index is 1700. The van der Waals surface area contributed by atoms with Crippen molar-refractivity contribution < 1.29 is 19.4 Å². The van der Waals surface area contributed by atoms with Gasteiger partial charge < -0.3 is 14.6 Å². The molecule has 0 spiro atoms. The molecule has 12 nitrogen and oxygen atoms in total. The minimum absolute atomic E-state index is 0.0957. The highest BCUT2D eigenvalue weighted by Crippen LogP contribution is 2.27. The second kappa shape index (κ2) is 11.3. The van der Waals surface area contributed by atoms with E-state index in [1.165, 1.54) is 36.4 Å². The van der Waals surface area contributed by atoms with Gasteiger partial charge in [0.05, 0.1) is 9.85 Å². The smallest absolute Gasteiger partial charge is 0.287 e. The molecule has 0 fully saturated rings. The SMILES string of the molecule is Cc1cc([N+](=O)[O-])ccc1NC(=O)/C(C#N)=C/c1cc(C)n(-c2ccc(Oc3ccc([N+](=O)[O-])cn3)cc2)c1C. The van der Waals surface area contributed by atoms with Gasteiger partial charge in [-0.1, -0.05) is 0 Å². The number of nitriles is 1. The average molecular weight is 539 g/mol. The van der Waals surface area contributed by atoms with Crippen molar-refractivity contribution in [1.29, 1.82) is 5.26 Å². The van der Waals surface area contributed by atoms with E-state index >= 15 is 0 Å². The van der Waals surface area contributed by atoms with Crippen LogP contribution in [0, 0.1) is 52.3 Å². The highest BCUT2D eigenvalue weighted by molar-refractivity contribution is 6.10. The summed E-state index contributed by atoms with van der Waals surface area (Å²) in [5.41, 5.74) is 3.63. The Morgan fingerprint density at radius 3 is 2.25 bits per heavy atom. The van der Waals surface area contributed by atoms with Crippen molar-refractivity contribution >= 4 is 29.0 Å². The Hall–Kier alpha value is -5.83. The van der Waals surface area contributed by atoms with E-state index in [1.54, 1.807) is 19.1 Å². The Morgan fingerprint density at radius 2 is 1.68 bits per heavy atom. The molecule has 0 saturated carbocycles. The van der Waals surface area contributed by atoms with Crippen LogP contribution in [0.3, 0.4) is 0 Å². The van der Waals surface area contributed by atoms with E-state index in [0.717, 1.165) is 23.3 Å². The van der Waals surface area contributed by atoms with Gasteiger partial charge in [0, 0.05) is 47.0 Å². The van der Waals surface area contributed by atoms with Crippen molar-refractivity contribution in [3.05, 3.63) is 115 Å². The van der Waals surface area contributed by atoms with Gasteiger partial charge in [0.2, 0.25) is 5.88 Å². The van der Waals surface area contributed by atoms with Crippen LogP contribution in [0.5, 0.6) is 11.6 Å². The molecule has 1 N–H and O–H groups in total. The fourth-order valence-electron chi connectivity index (χ4n) is 4.05. The van der Waals surface area contributed by atoms with Gasteiger partial charge in [0.15, 0.2) is 0 Å². The third-order valence-corrected chi connectivity index (χ3v) is 6.05. The minimum atomic E-state index is -0.634. The van der Waals surface area contributed by atoms with Crippen molar-refractivity contribution in [2.75, 3.05) is 5.32 Å². The van der Waals surface area contributed by atoms with Crippen LogP contribution < -0.4 is 10.1 Å². The first-order valence-corrected chi connectivity index (χ1v) is 11.8. The topological polar surface area (TPSA) is 166 Å². The molecule has 1 amide bonds. The van der Waals surface area contributed by atoms with Gasteiger partial charge in [0.1, 0.15) is 23.6 Å². The van der Waals surface area contributed by atoms with E-state index < -0.39 is 15.8 Å². The number of non-ortho nitro benzene ring substituents is 1. The lowest BCUT2D eigenvalue weighted by atomic mass is 10.1. The fraction of sp³-hybridized carbons (Fsp3) is 0.107. The molecule has 0 bridgehead atoms. The Kier molecular flexibility index (Phi) is 7.67. The number of benzene rings is 2. The summed E-state index contributed by atoms with van der Waals surface area (Å²) < 4.78 is 7.62. The number of aromatic nitrogens is 2. The highest BCUT2D eigenvalue weighted by Gasteiger charge is 2.16. The summed E-state index contributed by atoms with van der Waals surface area (Å²) in [4.78, 5) is 37.5. The molecule has 0 saturated heterocycles. The molecule has 12 heteroatoms. The number of nitro groups is 2. The zero-order chi connectivity index (χ0) is 29.0. The van der Waals surface area contributed by atoms with Crippen molar-refractivity contribution in [2.45, 2.75) is 20.8 Å². The van der Waals surface area contributed by atoms with Gasteiger partial charge in [-0.05, 0) is 74.4 Å². The van der Waals surface area contributed by atoms with Crippen LogP contribution in [-0.4, -0.2) is 25.3 Å². The monoisotopic (exact) mass is 538 g/mol. The first kappa shape index (κ1) is 27.2. The second-order valence-electron chi connectivity index (χ2n) is 8.75. The van der Waals surface area contributed by atoms with Gasteiger partial charge in [-0.25, -0.2) is 4.98 Å². The molecule has 40 heavy (non-hydrogen) atoms. The van der Waals surface area contributed by atoms with E-state index in [0.29, 0.717) is 22.6 Å². The van der Waals surface area contributed by atoms with Gasteiger partial charge in [-0.2, -0.15) is 5.26 Å². The van der Waals surface area contributed by atoms with Crippen LogP contribution in [0.4, 0.5) is 17.1 Å². The van der Waals surface area contributed by atoms with Crippen molar-refractivity contribution in [2.24, 2.45) is 0 Å². The largest absolute Gasteiger partial charge is 0.439 e. The number of pyridine rings is 1. The Morgan fingerprint density at radius 1 is 1.00 bits per heavy atom. The van der Waals surface area contributed by atoms with Crippen LogP contribution in [0.15, 0.2) is 72.4 Å². The first-order chi connectivity index (χ1) is 19.1. The summed E-state index contributed by atoms with van der Waals surface area (Å²) in [5, 5.41) is 34.1. The summed E-state index contributed by atoms with van der Waals surface area (Å²) in [7, 11) is 0. The van der Waals surface area contributed by atoms with Crippen LogP contribution in [-0.2, 0) is 4.79 Å². The molecule has 0 aliphatic heterocycles. The van der Waals surface area contributed by atoms with Crippen molar-refractivity contribution in [3.8, 4) is 23.4 Å². The molecule has 0 aliphatic carbocycles. The number of aryl methyl sites for hydroxylation is 2. The summed E-state index contributed by atoms with van der Waals surface area (Å²) in [5.74, 6) is 0.0635. The Labute approximate surface area is 228 Å². The molecule has 200 valence electrons. The molecule has 0 radical (unpaired) electrons. The number of ether oxygens (including phenoxy) is 1. The van der Waals surface area contributed by atoms with Gasteiger partial charge >= 0.3 is 0 Å². The molecule has 4 aromatic rings. The molecule has 2 heterocycles. The average Bonchev–Trinajstić information content (AvgIpc) is 3.21. The summed E-state index contributed by atoms with van der Waals surface area (Å²) in [6.07, 6.45) is 2.61. The molecule has 0 unspecified atom stereocenters. The third kappa shape index (κ3) is 5.84. The molecule has 4 rings (SSSR count). The standard InChI is InChI=1S/C28H22N6O6/c1-17-12-23(33(36)37)6-10-26(17)31-28(35)21(15-29)14-20-13-18(2)32(19(20)3)22-4-8-25(9-5-22)40-27-11-7-24(16-30-27)34(38)39/h4-14,16H,1-3H3,(H,31,35)/b21-14+. The summed E-state index contributed by atoms with van der Waals surface area (Å²) >= 11 is 0. The number of hydrogen-bond donors (Lipinski definition) is 1. The predicted octanol–water partition coefficient (Wildman–Crippen LogP) is 5.95. The molecule has 0 aliphatic rings. The van der Waals surface area contributed by atoms with Crippen LogP contribution >= 0.6 is 0 Å². The maximum absolute atomic E-state index is 12.8. The molecule has 2 aromatic carbocycles. The third-order valence-electron chi connectivity index (χ3n) is 6.05.